The summed E-state index contributed by atoms with van der Waals surface area (Å²) in [5.74, 6) is -0.757. The van der Waals surface area contributed by atoms with Gasteiger partial charge in [0, 0.05) is 10.6 Å². The molecule has 5 rings (SSSR count). The lowest BCUT2D eigenvalue weighted by atomic mass is 10.1. The number of amides is 1. The van der Waals surface area contributed by atoms with Crippen molar-refractivity contribution < 1.29 is 9.18 Å². The Labute approximate surface area is 205 Å². The van der Waals surface area contributed by atoms with E-state index in [4.69, 9.17) is 16.6 Å². The lowest BCUT2D eigenvalue weighted by Gasteiger charge is -2.09. The summed E-state index contributed by atoms with van der Waals surface area (Å²) < 4.78 is 14.9. The fourth-order valence-corrected chi connectivity index (χ4v) is 3.89. The molecule has 1 amide bonds. The summed E-state index contributed by atoms with van der Waals surface area (Å²) in [5.41, 5.74) is 7.04. The van der Waals surface area contributed by atoms with Gasteiger partial charge in [0.1, 0.15) is 5.82 Å². The van der Waals surface area contributed by atoms with Crippen molar-refractivity contribution in [1.29, 1.82) is 0 Å². The Hall–Kier alpha value is -4.36. The molecule has 35 heavy (non-hydrogen) atoms. The maximum atomic E-state index is 13.3. The maximum absolute atomic E-state index is 13.3. The fraction of sp³-hybridized carbons (Fsp3) is 0.0370. The van der Waals surface area contributed by atoms with Crippen molar-refractivity contribution in [2.24, 2.45) is 5.10 Å². The third-order valence-electron chi connectivity index (χ3n) is 5.45. The van der Waals surface area contributed by atoms with E-state index in [0.717, 1.165) is 11.3 Å². The summed E-state index contributed by atoms with van der Waals surface area (Å²) in [5, 5.41) is 9.95. The van der Waals surface area contributed by atoms with E-state index < -0.39 is 5.91 Å². The van der Waals surface area contributed by atoms with Crippen LogP contribution in [0.15, 0.2) is 90.0 Å². The molecule has 2 aromatic heterocycles. The molecule has 0 aliphatic rings. The van der Waals surface area contributed by atoms with E-state index in [2.05, 4.69) is 15.6 Å². The molecule has 0 atom stereocenters. The van der Waals surface area contributed by atoms with Crippen LogP contribution in [-0.2, 0) is 0 Å². The number of para-hydroxylation sites is 1. The number of hydrogen-bond donors (Lipinski definition) is 1. The van der Waals surface area contributed by atoms with Gasteiger partial charge in [0.2, 0.25) is 0 Å². The molecule has 0 saturated carbocycles. The number of hydrogen-bond acceptors (Lipinski definition) is 4. The Kier molecular flexibility index (Phi) is 6.08. The van der Waals surface area contributed by atoms with Crippen molar-refractivity contribution in [1.82, 2.24) is 20.2 Å². The SMILES string of the molecule is Cc1nn(-c2ccccc2)c2nc(-c3ccc(Cl)cc3)cc(C(=O)N/N=C\c3ccc(F)cc3)c12. The van der Waals surface area contributed by atoms with Crippen LogP contribution < -0.4 is 5.43 Å². The molecule has 3 aromatic carbocycles. The van der Waals surface area contributed by atoms with E-state index >= 15 is 0 Å². The van der Waals surface area contributed by atoms with Crippen molar-refractivity contribution >= 4 is 34.8 Å². The monoisotopic (exact) mass is 483 g/mol. The zero-order chi connectivity index (χ0) is 24.4. The first-order chi connectivity index (χ1) is 17.0. The maximum Gasteiger partial charge on any atom is 0.272 e. The van der Waals surface area contributed by atoms with Crippen LogP contribution in [0.25, 0.3) is 28.0 Å². The van der Waals surface area contributed by atoms with Crippen LogP contribution >= 0.6 is 11.6 Å². The standard InChI is InChI=1S/C27H19ClFN5O/c1-17-25-23(27(35)32-30-16-18-7-13-21(29)14-8-18)15-24(19-9-11-20(28)12-10-19)31-26(25)34(33-17)22-5-3-2-4-6-22/h2-16H,1H3,(H,32,35)/b30-16-. The van der Waals surface area contributed by atoms with Gasteiger partial charge < -0.3 is 0 Å². The number of aromatic nitrogens is 3. The highest BCUT2D eigenvalue weighted by molar-refractivity contribution is 6.30. The molecule has 5 aromatic rings. The lowest BCUT2D eigenvalue weighted by molar-refractivity contribution is 0.0956. The molecule has 0 radical (unpaired) electrons. The molecule has 6 nitrogen and oxygen atoms in total. The van der Waals surface area contributed by atoms with Crippen molar-refractivity contribution in [3.8, 4) is 16.9 Å². The first-order valence-electron chi connectivity index (χ1n) is 10.8. The van der Waals surface area contributed by atoms with E-state index in [1.54, 1.807) is 35.0 Å². The number of carbonyl (C=O) groups is 1. The van der Waals surface area contributed by atoms with E-state index in [1.807, 2.05) is 49.4 Å². The Morgan fingerprint density at radius 3 is 2.46 bits per heavy atom. The van der Waals surface area contributed by atoms with Crippen LogP contribution in [-0.4, -0.2) is 26.9 Å². The van der Waals surface area contributed by atoms with Gasteiger partial charge in [-0.3, -0.25) is 4.79 Å². The Balaban J connectivity index is 1.61. The van der Waals surface area contributed by atoms with E-state index in [1.165, 1.54) is 18.3 Å². The average molecular weight is 484 g/mol. The quantitative estimate of drug-likeness (QED) is 0.248. The van der Waals surface area contributed by atoms with Crippen LogP contribution in [0, 0.1) is 12.7 Å². The number of fused-ring (bicyclic) bond motifs is 1. The molecule has 0 aliphatic carbocycles. The van der Waals surface area contributed by atoms with Gasteiger partial charge >= 0.3 is 0 Å². The van der Waals surface area contributed by atoms with Crippen molar-refractivity contribution in [3.63, 3.8) is 0 Å². The number of halogens is 2. The zero-order valence-electron chi connectivity index (χ0n) is 18.6. The minimum atomic E-state index is -0.415. The van der Waals surface area contributed by atoms with Crippen LogP contribution in [0.5, 0.6) is 0 Å². The van der Waals surface area contributed by atoms with Crippen LogP contribution in [0.1, 0.15) is 21.6 Å². The first kappa shape index (κ1) is 22.4. The van der Waals surface area contributed by atoms with E-state index in [9.17, 15) is 9.18 Å². The molecular formula is C27H19ClFN5O. The Bertz CT molecular complexity index is 1550. The Morgan fingerprint density at radius 2 is 1.74 bits per heavy atom. The minimum absolute atomic E-state index is 0.342. The average Bonchev–Trinajstić information content (AvgIpc) is 3.22. The van der Waals surface area contributed by atoms with Crippen LogP contribution in [0.4, 0.5) is 4.39 Å². The molecule has 172 valence electrons. The zero-order valence-corrected chi connectivity index (χ0v) is 19.4. The summed E-state index contributed by atoms with van der Waals surface area (Å²) in [7, 11) is 0. The van der Waals surface area contributed by atoms with Gasteiger partial charge in [-0.2, -0.15) is 10.2 Å². The highest BCUT2D eigenvalue weighted by Crippen LogP contribution is 2.29. The molecule has 0 fully saturated rings. The van der Waals surface area contributed by atoms with Gasteiger partial charge in [0.25, 0.3) is 5.91 Å². The summed E-state index contributed by atoms with van der Waals surface area (Å²) in [6.07, 6.45) is 1.45. The molecule has 0 bridgehead atoms. The van der Waals surface area contributed by atoms with Gasteiger partial charge in [-0.1, -0.05) is 54.1 Å². The van der Waals surface area contributed by atoms with E-state index in [-0.39, 0.29) is 5.82 Å². The van der Waals surface area contributed by atoms with Crippen molar-refractivity contribution in [2.45, 2.75) is 6.92 Å². The highest BCUT2D eigenvalue weighted by Gasteiger charge is 2.21. The molecule has 8 heteroatoms. The largest absolute Gasteiger partial charge is 0.272 e. The van der Waals surface area contributed by atoms with Crippen molar-refractivity contribution in [3.05, 3.63) is 113 Å². The molecule has 1 N–H and O–H groups in total. The predicted molar refractivity (Wildman–Crippen MR) is 136 cm³/mol. The number of nitrogens with zero attached hydrogens (tertiary/aromatic N) is 4. The molecule has 0 spiro atoms. The summed E-state index contributed by atoms with van der Waals surface area (Å²) in [6, 6.07) is 24.4. The summed E-state index contributed by atoms with van der Waals surface area (Å²) in [6.45, 7) is 1.84. The van der Waals surface area contributed by atoms with Gasteiger partial charge in [0.15, 0.2) is 5.65 Å². The summed E-state index contributed by atoms with van der Waals surface area (Å²) in [4.78, 5) is 18.1. The number of hydrazone groups is 1. The van der Waals surface area contributed by atoms with Crippen LogP contribution in [0.2, 0.25) is 5.02 Å². The molecule has 0 unspecified atom stereocenters. The van der Waals surface area contributed by atoms with Gasteiger partial charge in [0.05, 0.1) is 34.2 Å². The normalized spacial score (nSPS) is 11.3. The third kappa shape index (κ3) is 4.67. The second-order valence-electron chi connectivity index (χ2n) is 7.84. The second kappa shape index (κ2) is 9.48. The van der Waals surface area contributed by atoms with Crippen LogP contribution in [0.3, 0.4) is 0 Å². The number of carbonyl (C=O) groups excluding carboxylic acids is 1. The number of rotatable bonds is 5. The van der Waals surface area contributed by atoms with Gasteiger partial charge in [-0.25, -0.2) is 19.5 Å². The van der Waals surface area contributed by atoms with Crippen molar-refractivity contribution in [2.75, 3.05) is 0 Å². The molecule has 0 aliphatic heterocycles. The van der Waals surface area contributed by atoms with E-state index in [0.29, 0.717) is 38.6 Å². The minimum Gasteiger partial charge on any atom is -0.267 e. The van der Waals surface area contributed by atoms with Gasteiger partial charge in [-0.15, -0.1) is 0 Å². The number of benzene rings is 3. The third-order valence-corrected chi connectivity index (χ3v) is 5.70. The highest BCUT2D eigenvalue weighted by atomic mass is 35.5. The predicted octanol–water partition coefficient (Wildman–Crippen LogP) is 5.95. The summed E-state index contributed by atoms with van der Waals surface area (Å²) >= 11 is 6.07. The number of aryl methyl sites for hydroxylation is 1. The number of nitrogens with one attached hydrogen (secondary N) is 1. The number of pyridine rings is 1. The van der Waals surface area contributed by atoms with Gasteiger partial charge in [-0.05, 0) is 55.0 Å². The Morgan fingerprint density at radius 1 is 1.03 bits per heavy atom. The lowest BCUT2D eigenvalue weighted by Crippen LogP contribution is -2.18. The topological polar surface area (TPSA) is 72.2 Å². The fourth-order valence-electron chi connectivity index (χ4n) is 3.76. The molecular weight excluding hydrogens is 465 g/mol. The second-order valence-corrected chi connectivity index (χ2v) is 8.28. The molecule has 2 heterocycles. The molecule has 0 saturated heterocycles. The first-order valence-corrected chi connectivity index (χ1v) is 11.2. The smallest absolute Gasteiger partial charge is 0.267 e.